The first kappa shape index (κ1) is 14.2. The number of nitrogens with one attached hydrogen (secondary N) is 2. The van der Waals surface area contributed by atoms with E-state index in [2.05, 4.69) is 39.8 Å². The molecule has 21 heavy (non-hydrogen) atoms. The topological polar surface area (TPSA) is 27.3 Å². The van der Waals surface area contributed by atoms with Crippen LogP contribution in [-0.2, 0) is 6.54 Å². The summed E-state index contributed by atoms with van der Waals surface area (Å²) < 4.78 is 0. The summed E-state index contributed by atoms with van der Waals surface area (Å²) in [7, 11) is 0. The van der Waals surface area contributed by atoms with Crippen LogP contribution >= 0.6 is 11.6 Å². The van der Waals surface area contributed by atoms with Gasteiger partial charge in [-0.05, 0) is 42.0 Å². The van der Waals surface area contributed by atoms with Gasteiger partial charge >= 0.3 is 0 Å². The number of nitrogens with zero attached hydrogens (tertiary/aromatic N) is 1. The minimum absolute atomic E-state index is 0.777. The molecule has 0 radical (unpaired) electrons. The highest BCUT2D eigenvalue weighted by atomic mass is 35.5. The normalized spacial score (nSPS) is 15.0. The van der Waals surface area contributed by atoms with Crippen LogP contribution in [0.4, 0.5) is 11.4 Å². The Balaban J connectivity index is 1.57. The zero-order valence-electron chi connectivity index (χ0n) is 12.0. The second-order valence-electron chi connectivity index (χ2n) is 5.26. The number of benzene rings is 2. The first-order chi connectivity index (χ1) is 10.3. The van der Waals surface area contributed by atoms with Crippen molar-refractivity contribution in [3.05, 3.63) is 59.1 Å². The quantitative estimate of drug-likeness (QED) is 0.907. The van der Waals surface area contributed by atoms with E-state index in [0.717, 1.165) is 43.4 Å². The Labute approximate surface area is 130 Å². The Morgan fingerprint density at radius 1 is 0.952 bits per heavy atom. The van der Waals surface area contributed by atoms with E-state index in [4.69, 9.17) is 11.6 Å². The van der Waals surface area contributed by atoms with Crippen LogP contribution in [-0.4, -0.2) is 26.2 Å². The predicted octanol–water partition coefficient (Wildman–Crippen LogP) is 3.36. The molecule has 1 aliphatic rings. The standard InChI is InChI=1S/C17H20ClN3/c18-15-3-1-14(2-4-15)13-20-16-5-7-17(8-6-16)21-11-9-19-10-12-21/h1-8,19-20H,9-13H2. The van der Waals surface area contributed by atoms with E-state index in [1.807, 2.05) is 24.3 Å². The summed E-state index contributed by atoms with van der Waals surface area (Å²) in [5.41, 5.74) is 3.67. The molecule has 0 atom stereocenters. The van der Waals surface area contributed by atoms with Gasteiger partial charge in [0.15, 0.2) is 0 Å². The van der Waals surface area contributed by atoms with Crippen molar-refractivity contribution in [3.63, 3.8) is 0 Å². The lowest BCUT2D eigenvalue weighted by Gasteiger charge is -2.29. The van der Waals surface area contributed by atoms with Crippen LogP contribution in [0.1, 0.15) is 5.56 Å². The van der Waals surface area contributed by atoms with Crippen molar-refractivity contribution in [1.82, 2.24) is 5.32 Å². The van der Waals surface area contributed by atoms with E-state index in [1.165, 1.54) is 11.3 Å². The molecule has 1 aliphatic heterocycles. The average molecular weight is 302 g/mol. The molecule has 0 aromatic heterocycles. The molecule has 1 saturated heterocycles. The first-order valence-corrected chi connectivity index (χ1v) is 7.73. The van der Waals surface area contributed by atoms with Gasteiger partial charge in [-0.2, -0.15) is 0 Å². The summed E-state index contributed by atoms with van der Waals surface area (Å²) in [5.74, 6) is 0. The lowest BCUT2D eigenvalue weighted by molar-refractivity contribution is 0.589. The van der Waals surface area contributed by atoms with Gasteiger partial charge in [0.2, 0.25) is 0 Å². The Morgan fingerprint density at radius 3 is 2.29 bits per heavy atom. The van der Waals surface area contributed by atoms with E-state index < -0.39 is 0 Å². The third-order valence-electron chi connectivity index (χ3n) is 3.76. The van der Waals surface area contributed by atoms with Crippen LogP contribution in [0.5, 0.6) is 0 Å². The molecular weight excluding hydrogens is 282 g/mol. The molecule has 2 N–H and O–H groups in total. The third-order valence-corrected chi connectivity index (χ3v) is 4.01. The van der Waals surface area contributed by atoms with E-state index in [0.29, 0.717) is 0 Å². The molecule has 2 aromatic carbocycles. The van der Waals surface area contributed by atoms with Crippen LogP contribution in [0.3, 0.4) is 0 Å². The van der Waals surface area contributed by atoms with Crippen molar-refractivity contribution in [2.24, 2.45) is 0 Å². The van der Waals surface area contributed by atoms with Gasteiger partial charge in [-0.1, -0.05) is 23.7 Å². The largest absolute Gasteiger partial charge is 0.381 e. The van der Waals surface area contributed by atoms with Gasteiger partial charge in [-0.3, -0.25) is 0 Å². The molecule has 4 heteroatoms. The van der Waals surface area contributed by atoms with Crippen molar-refractivity contribution in [3.8, 4) is 0 Å². The monoisotopic (exact) mass is 301 g/mol. The number of halogens is 1. The fraction of sp³-hybridized carbons (Fsp3) is 0.294. The molecule has 1 fully saturated rings. The van der Waals surface area contributed by atoms with Gasteiger partial charge in [0, 0.05) is 49.1 Å². The second kappa shape index (κ2) is 6.83. The molecule has 0 aliphatic carbocycles. The molecular formula is C17H20ClN3. The van der Waals surface area contributed by atoms with Crippen molar-refractivity contribution in [2.75, 3.05) is 36.4 Å². The number of hydrogen-bond donors (Lipinski definition) is 2. The lowest BCUT2D eigenvalue weighted by Crippen LogP contribution is -2.43. The predicted molar refractivity (Wildman–Crippen MR) is 90.3 cm³/mol. The lowest BCUT2D eigenvalue weighted by atomic mass is 10.2. The summed E-state index contributed by atoms with van der Waals surface area (Å²) in [6.07, 6.45) is 0. The zero-order chi connectivity index (χ0) is 14.5. The average Bonchev–Trinajstić information content (AvgIpc) is 2.56. The molecule has 1 heterocycles. The van der Waals surface area contributed by atoms with Crippen LogP contribution < -0.4 is 15.5 Å². The Bertz CT molecular complexity index is 560. The van der Waals surface area contributed by atoms with Crippen molar-refractivity contribution < 1.29 is 0 Å². The maximum atomic E-state index is 5.89. The maximum Gasteiger partial charge on any atom is 0.0406 e. The van der Waals surface area contributed by atoms with Gasteiger partial charge in [-0.15, -0.1) is 0 Å². The molecule has 0 unspecified atom stereocenters. The Morgan fingerprint density at radius 2 is 1.62 bits per heavy atom. The van der Waals surface area contributed by atoms with Crippen LogP contribution in [0.25, 0.3) is 0 Å². The van der Waals surface area contributed by atoms with E-state index in [9.17, 15) is 0 Å². The highest BCUT2D eigenvalue weighted by Gasteiger charge is 2.09. The minimum Gasteiger partial charge on any atom is -0.381 e. The highest BCUT2D eigenvalue weighted by molar-refractivity contribution is 6.30. The van der Waals surface area contributed by atoms with Crippen LogP contribution in [0.15, 0.2) is 48.5 Å². The third kappa shape index (κ3) is 3.90. The molecule has 0 amide bonds. The van der Waals surface area contributed by atoms with E-state index >= 15 is 0 Å². The number of anilines is 2. The number of hydrogen-bond acceptors (Lipinski definition) is 3. The van der Waals surface area contributed by atoms with Gasteiger partial charge in [0.25, 0.3) is 0 Å². The zero-order valence-corrected chi connectivity index (χ0v) is 12.7. The molecule has 110 valence electrons. The molecule has 3 rings (SSSR count). The summed E-state index contributed by atoms with van der Waals surface area (Å²) in [6.45, 7) is 5.10. The van der Waals surface area contributed by atoms with Crippen LogP contribution in [0, 0.1) is 0 Å². The second-order valence-corrected chi connectivity index (χ2v) is 5.70. The van der Waals surface area contributed by atoms with Gasteiger partial charge < -0.3 is 15.5 Å². The van der Waals surface area contributed by atoms with E-state index in [-0.39, 0.29) is 0 Å². The minimum atomic E-state index is 0.777. The van der Waals surface area contributed by atoms with Crippen molar-refractivity contribution >= 4 is 23.0 Å². The van der Waals surface area contributed by atoms with Crippen LogP contribution in [0.2, 0.25) is 5.02 Å². The Kier molecular flexibility index (Phi) is 4.63. The molecule has 0 saturated carbocycles. The Hall–Kier alpha value is -1.71. The van der Waals surface area contributed by atoms with Gasteiger partial charge in [0.1, 0.15) is 0 Å². The number of piperazine rings is 1. The first-order valence-electron chi connectivity index (χ1n) is 7.35. The summed E-state index contributed by atoms with van der Waals surface area (Å²) in [5, 5.41) is 7.59. The fourth-order valence-electron chi connectivity index (χ4n) is 2.52. The SMILES string of the molecule is Clc1ccc(CNc2ccc(N3CCNCC3)cc2)cc1. The summed E-state index contributed by atoms with van der Waals surface area (Å²) >= 11 is 5.89. The van der Waals surface area contributed by atoms with Crippen molar-refractivity contribution in [2.45, 2.75) is 6.54 Å². The van der Waals surface area contributed by atoms with Gasteiger partial charge in [0.05, 0.1) is 0 Å². The maximum absolute atomic E-state index is 5.89. The fourth-order valence-corrected chi connectivity index (χ4v) is 2.65. The molecule has 0 bridgehead atoms. The van der Waals surface area contributed by atoms with E-state index in [1.54, 1.807) is 0 Å². The summed E-state index contributed by atoms with van der Waals surface area (Å²) in [6, 6.07) is 16.6. The molecule has 2 aromatic rings. The highest BCUT2D eigenvalue weighted by Crippen LogP contribution is 2.19. The number of rotatable bonds is 4. The summed E-state index contributed by atoms with van der Waals surface area (Å²) in [4.78, 5) is 2.42. The smallest absolute Gasteiger partial charge is 0.0406 e. The van der Waals surface area contributed by atoms with Crippen molar-refractivity contribution in [1.29, 1.82) is 0 Å². The molecule has 3 nitrogen and oxygen atoms in total. The van der Waals surface area contributed by atoms with Gasteiger partial charge in [-0.25, -0.2) is 0 Å². The molecule has 0 spiro atoms.